The Labute approximate surface area is 131 Å². The van der Waals surface area contributed by atoms with Gasteiger partial charge in [-0.2, -0.15) is 0 Å². The molecule has 3 aliphatic rings. The Kier molecular flexibility index (Phi) is 5.58. The molecule has 1 aliphatic heterocycles. The molecule has 0 atom stereocenters. The lowest BCUT2D eigenvalue weighted by Crippen LogP contribution is -2.51. The second kappa shape index (κ2) is 7.43. The van der Waals surface area contributed by atoms with Crippen molar-refractivity contribution in [2.75, 3.05) is 45.8 Å². The van der Waals surface area contributed by atoms with E-state index in [9.17, 15) is 0 Å². The molecule has 0 aromatic carbocycles. The Morgan fingerprint density at radius 2 is 1.52 bits per heavy atom. The minimum Gasteiger partial charge on any atom is -0.313 e. The molecule has 21 heavy (non-hydrogen) atoms. The third-order valence-electron chi connectivity index (χ3n) is 5.98. The van der Waals surface area contributed by atoms with Crippen LogP contribution in [0.4, 0.5) is 0 Å². The van der Waals surface area contributed by atoms with Crippen LogP contribution in [-0.4, -0.2) is 61.7 Å². The molecule has 3 fully saturated rings. The molecule has 0 bridgehead atoms. The van der Waals surface area contributed by atoms with Crippen molar-refractivity contribution in [3.63, 3.8) is 0 Å². The standard InChI is InChI=1S/C18H35N3/c1-2-20-11-13-21(14-12-20)16-18(15-19-17-7-8-17)9-5-3-4-6-10-18/h17,19H,2-16H2,1H3. The predicted octanol–water partition coefficient (Wildman–Crippen LogP) is 2.72. The minimum absolute atomic E-state index is 0.577. The summed E-state index contributed by atoms with van der Waals surface area (Å²) in [5.41, 5.74) is 0.577. The molecule has 0 radical (unpaired) electrons. The fraction of sp³-hybridized carbons (Fsp3) is 1.00. The van der Waals surface area contributed by atoms with E-state index in [4.69, 9.17) is 0 Å². The molecule has 0 aromatic rings. The van der Waals surface area contributed by atoms with Crippen LogP contribution in [-0.2, 0) is 0 Å². The highest BCUT2D eigenvalue weighted by Crippen LogP contribution is 2.36. The second-order valence-electron chi connectivity index (χ2n) is 7.78. The van der Waals surface area contributed by atoms with E-state index in [1.54, 1.807) is 0 Å². The first-order valence-corrected chi connectivity index (χ1v) is 9.48. The number of rotatable bonds is 6. The zero-order chi connectivity index (χ0) is 14.5. The molecule has 2 saturated carbocycles. The van der Waals surface area contributed by atoms with Crippen LogP contribution in [0.25, 0.3) is 0 Å². The van der Waals surface area contributed by atoms with Gasteiger partial charge >= 0.3 is 0 Å². The summed E-state index contributed by atoms with van der Waals surface area (Å²) in [7, 11) is 0. The molecule has 1 heterocycles. The Bertz CT molecular complexity index is 298. The Balaban J connectivity index is 1.55. The largest absolute Gasteiger partial charge is 0.313 e. The van der Waals surface area contributed by atoms with Gasteiger partial charge in [0.05, 0.1) is 0 Å². The normalized spacial score (nSPS) is 28.4. The lowest BCUT2D eigenvalue weighted by atomic mass is 9.79. The molecule has 0 unspecified atom stereocenters. The Morgan fingerprint density at radius 3 is 2.10 bits per heavy atom. The second-order valence-corrected chi connectivity index (χ2v) is 7.78. The Hall–Kier alpha value is -0.120. The topological polar surface area (TPSA) is 18.5 Å². The average Bonchev–Trinajstić information content (AvgIpc) is 3.34. The molecule has 122 valence electrons. The van der Waals surface area contributed by atoms with Gasteiger partial charge in [0, 0.05) is 45.3 Å². The van der Waals surface area contributed by atoms with Crippen molar-refractivity contribution < 1.29 is 0 Å². The summed E-state index contributed by atoms with van der Waals surface area (Å²) in [6.07, 6.45) is 11.6. The summed E-state index contributed by atoms with van der Waals surface area (Å²) in [6, 6.07) is 0.863. The van der Waals surface area contributed by atoms with Crippen LogP contribution in [0.3, 0.4) is 0 Å². The van der Waals surface area contributed by atoms with E-state index >= 15 is 0 Å². The van der Waals surface area contributed by atoms with Gasteiger partial charge in [-0.1, -0.05) is 32.6 Å². The highest BCUT2D eigenvalue weighted by Gasteiger charge is 2.35. The van der Waals surface area contributed by atoms with Crippen LogP contribution in [0.1, 0.15) is 58.3 Å². The molecule has 3 rings (SSSR count). The van der Waals surface area contributed by atoms with Gasteiger partial charge in [0.25, 0.3) is 0 Å². The molecule has 3 heteroatoms. The molecule has 0 spiro atoms. The maximum atomic E-state index is 3.87. The molecular weight excluding hydrogens is 258 g/mol. The van der Waals surface area contributed by atoms with Crippen molar-refractivity contribution in [2.24, 2.45) is 5.41 Å². The molecular formula is C18H35N3. The van der Waals surface area contributed by atoms with Crippen molar-refractivity contribution in [3.8, 4) is 0 Å². The van der Waals surface area contributed by atoms with E-state index in [1.807, 2.05) is 0 Å². The maximum Gasteiger partial charge on any atom is 0.0110 e. The van der Waals surface area contributed by atoms with Crippen LogP contribution in [0.2, 0.25) is 0 Å². The zero-order valence-corrected chi connectivity index (χ0v) is 14.1. The van der Waals surface area contributed by atoms with Gasteiger partial charge in [-0.05, 0) is 37.6 Å². The lowest BCUT2D eigenvalue weighted by Gasteiger charge is -2.42. The van der Waals surface area contributed by atoms with Gasteiger partial charge < -0.3 is 15.1 Å². The van der Waals surface area contributed by atoms with E-state index < -0.39 is 0 Å². The quantitative estimate of drug-likeness (QED) is 0.760. The van der Waals surface area contributed by atoms with Crippen LogP contribution in [0.15, 0.2) is 0 Å². The van der Waals surface area contributed by atoms with Gasteiger partial charge in [-0.15, -0.1) is 0 Å². The van der Waals surface area contributed by atoms with Crippen molar-refractivity contribution in [2.45, 2.75) is 64.3 Å². The number of nitrogens with one attached hydrogen (secondary N) is 1. The van der Waals surface area contributed by atoms with E-state index in [0.717, 1.165) is 6.04 Å². The molecule has 3 nitrogen and oxygen atoms in total. The number of hydrogen-bond acceptors (Lipinski definition) is 3. The monoisotopic (exact) mass is 293 g/mol. The van der Waals surface area contributed by atoms with E-state index in [2.05, 4.69) is 22.0 Å². The van der Waals surface area contributed by atoms with Gasteiger partial charge in [-0.3, -0.25) is 0 Å². The summed E-state index contributed by atoms with van der Waals surface area (Å²) < 4.78 is 0. The van der Waals surface area contributed by atoms with E-state index in [0.29, 0.717) is 5.41 Å². The third-order valence-corrected chi connectivity index (χ3v) is 5.98. The van der Waals surface area contributed by atoms with Crippen molar-refractivity contribution in [1.82, 2.24) is 15.1 Å². The van der Waals surface area contributed by atoms with E-state index in [1.165, 1.54) is 97.2 Å². The smallest absolute Gasteiger partial charge is 0.0110 e. The lowest BCUT2D eigenvalue weighted by molar-refractivity contribution is 0.0764. The summed E-state index contributed by atoms with van der Waals surface area (Å²) in [4.78, 5) is 5.37. The first-order valence-electron chi connectivity index (χ1n) is 9.48. The molecule has 0 amide bonds. The SMILES string of the molecule is CCN1CCN(CC2(CNC3CC3)CCCCCC2)CC1. The fourth-order valence-corrected chi connectivity index (χ4v) is 4.26. The average molecular weight is 293 g/mol. The third kappa shape index (κ3) is 4.67. The molecule has 2 aliphatic carbocycles. The number of likely N-dealkylation sites (N-methyl/N-ethyl adjacent to an activating group) is 1. The first-order chi connectivity index (χ1) is 10.3. The summed E-state index contributed by atoms with van der Waals surface area (Å²) in [6.45, 7) is 11.3. The number of hydrogen-bond donors (Lipinski definition) is 1. The van der Waals surface area contributed by atoms with Gasteiger partial charge in [0.1, 0.15) is 0 Å². The van der Waals surface area contributed by atoms with Gasteiger partial charge in [0.2, 0.25) is 0 Å². The fourth-order valence-electron chi connectivity index (χ4n) is 4.26. The molecule has 0 aromatic heterocycles. The van der Waals surface area contributed by atoms with Crippen LogP contribution < -0.4 is 5.32 Å². The molecule has 1 saturated heterocycles. The minimum atomic E-state index is 0.577. The van der Waals surface area contributed by atoms with Crippen molar-refractivity contribution >= 4 is 0 Å². The van der Waals surface area contributed by atoms with Gasteiger partial charge in [-0.25, -0.2) is 0 Å². The highest BCUT2D eigenvalue weighted by atomic mass is 15.3. The highest BCUT2D eigenvalue weighted by molar-refractivity contribution is 4.91. The summed E-state index contributed by atoms with van der Waals surface area (Å²) in [5, 5.41) is 3.87. The first kappa shape index (κ1) is 15.8. The summed E-state index contributed by atoms with van der Waals surface area (Å²) in [5.74, 6) is 0. The van der Waals surface area contributed by atoms with Crippen molar-refractivity contribution in [1.29, 1.82) is 0 Å². The predicted molar refractivity (Wildman–Crippen MR) is 89.7 cm³/mol. The number of nitrogens with zero attached hydrogens (tertiary/aromatic N) is 2. The van der Waals surface area contributed by atoms with Crippen LogP contribution in [0.5, 0.6) is 0 Å². The Morgan fingerprint density at radius 1 is 0.905 bits per heavy atom. The summed E-state index contributed by atoms with van der Waals surface area (Å²) >= 11 is 0. The van der Waals surface area contributed by atoms with Crippen molar-refractivity contribution in [3.05, 3.63) is 0 Å². The van der Waals surface area contributed by atoms with Crippen LogP contribution in [0, 0.1) is 5.41 Å². The van der Waals surface area contributed by atoms with E-state index in [-0.39, 0.29) is 0 Å². The number of piperazine rings is 1. The zero-order valence-electron chi connectivity index (χ0n) is 14.1. The molecule has 1 N–H and O–H groups in total. The maximum absolute atomic E-state index is 3.87. The van der Waals surface area contributed by atoms with Gasteiger partial charge in [0.15, 0.2) is 0 Å². The van der Waals surface area contributed by atoms with Crippen LogP contribution >= 0.6 is 0 Å².